The number of fused-ring (bicyclic) bond motifs is 1. The van der Waals surface area contributed by atoms with E-state index in [-0.39, 0.29) is 10.8 Å². The molecule has 1 fully saturated rings. The van der Waals surface area contributed by atoms with Crippen LogP contribution in [0.15, 0.2) is 66.7 Å². The molecule has 0 aromatic heterocycles. The Kier molecular flexibility index (Phi) is 5.93. The molecule has 36 heavy (non-hydrogen) atoms. The van der Waals surface area contributed by atoms with Crippen LogP contribution >= 0.6 is 0 Å². The molecule has 0 saturated carbocycles. The fourth-order valence-electron chi connectivity index (χ4n) is 5.44. The van der Waals surface area contributed by atoms with Gasteiger partial charge < -0.3 is 14.6 Å². The van der Waals surface area contributed by atoms with E-state index in [1.165, 1.54) is 35.1 Å². The summed E-state index contributed by atoms with van der Waals surface area (Å²) in [5.74, 6) is 0. The first-order valence-electron chi connectivity index (χ1n) is 13.3. The average Bonchev–Trinajstić information content (AvgIpc) is 3.04. The minimum absolute atomic E-state index is 0.110. The molecule has 0 bridgehead atoms. The van der Waals surface area contributed by atoms with Crippen molar-refractivity contribution < 1.29 is 9.31 Å². The first-order valence-corrected chi connectivity index (χ1v) is 13.3. The third-order valence-electron chi connectivity index (χ3n) is 8.80. The molecule has 0 unspecified atom stereocenters. The van der Waals surface area contributed by atoms with Crippen LogP contribution in [0.5, 0.6) is 0 Å². The van der Waals surface area contributed by atoms with E-state index in [2.05, 4.69) is 127 Å². The van der Waals surface area contributed by atoms with E-state index in [1.54, 1.807) is 0 Å². The van der Waals surface area contributed by atoms with Gasteiger partial charge in [-0.1, -0.05) is 76.2 Å². The maximum absolute atomic E-state index is 6.55. The molecule has 1 saturated heterocycles. The summed E-state index contributed by atoms with van der Waals surface area (Å²) in [4.78, 5) is 0. The van der Waals surface area contributed by atoms with Crippen molar-refractivity contribution in [2.45, 2.75) is 90.3 Å². The summed E-state index contributed by atoms with van der Waals surface area (Å²) in [6, 6.07) is 23.9. The minimum atomic E-state index is -0.424. The molecular formula is C32H40BNO2. The predicted octanol–water partition coefficient (Wildman–Crippen LogP) is 7.75. The monoisotopic (exact) mass is 481 g/mol. The molecule has 3 aromatic rings. The normalized spacial score (nSPS) is 21.2. The third kappa shape index (κ3) is 4.39. The van der Waals surface area contributed by atoms with Crippen LogP contribution in [0.3, 0.4) is 0 Å². The van der Waals surface area contributed by atoms with Crippen molar-refractivity contribution in [1.29, 1.82) is 0 Å². The van der Waals surface area contributed by atoms with Crippen LogP contribution in [0.1, 0.15) is 79.4 Å². The molecule has 0 radical (unpaired) electrons. The van der Waals surface area contributed by atoms with E-state index >= 15 is 0 Å². The van der Waals surface area contributed by atoms with Gasteiger partial charge in [0.1, 0.15) is 0 Å². The maximum atomic E-state index is 6.55. The summed E-state index contributed by atoms with van der Waals surface area (Å²) in [6.45, 7) is 17.9. The highest BCUT2D eigenvalue weighted by Crippen LogP contribution is 2.47. The molecule has 0 spiro atoms. The number of hydrogen-bond acceptors (Lipinski definition) is 3. The van der Waals surface area contributed by atoms with Crippen molar-refractivity contribution in [3.05, 3.63) is 77.9 Å². The minimum Gasteiger partial charge on any atom is -0.399 e. The highest BCUT2D eigenvalue weighted by atomic mass is 16.7. The molecule has 0 amide bonds. The topological polar surface area (TPSA) is 30.5 Å². The second-order valence-corrected chi connectivity index (χ2v) is 12.9. The van der Waals surface area contributed by atoms with Crippen molar-refractivity contribution >= 4 is 24.0 Å². The van der Waals surface area contributed by atoms with Crippen LogP contribution < -0.4 is 10.8 Å². The number of hydrogen-bond donors (Lipinski definition) is 1. The van der Waals surface area contributed by atoms with Crippen molar-refractivity contribution in [3.63, 3.8) is 0 Å². The zero-order valence-corrected chi connectivity index (χ0v) is 23.2. The highest BCUT2D eigenvalue weighted by Gasteiger charge is 2.53. The zero-order valence-electron chi connectivity index (χ0n) is 23.2. The lowest BCUT2D eigenvalue weighted by atomic mass is 9.61. The summed E-state index contributed by atoms with van der Waals surface area (Å²) < 4.78 is 13.1. The second kappa shape index (κ2) is 8.50. The number of benzene rings is 3. The Hall–Kier alpha value is -2.56. The zero-order chi connectivity index (χ0) is 25.9. The van der Waals surface area contributed by atoms with Gasteiger partial charge in [-0.25, -0.2) is 0 Å². The molecule has 3 nitrogen and oxygen atoms in total. The SMILES string of the molecule is CC1(C)CCC(C)(C)c2cc(B3OC(C)(C)C(C)(C)O3)c(Nc3ccc(-c4ccccc4)cc3)cc21. The van der Waals surface area contributed by atoms with Gasteiger partial charge in [0.05, 0.1) is 11.2 Å². The van der Waals surface area contributed by atoms with E-state index < -0.39 is 18.3 Å². The van der Waals surface area contributed by atoms with Crippen molar-refractivity contribution in [1.82, 2.24) is 0 Å². The summed E-state index contributed by atoms with van der Waals surface area (Å²) in [5.41, 5.74) is 7.90. The molecule has 3 aromatic carbocycles. The van der Waals surface area contributed by atoms with Gasteiger partial charge in [-0.3, -0.25) is 0 Å². The summed E-state index contributed by atoms with van der Waals surface area (Å²) in [5, 5.41) is 3.74. The number of nitrogens with one attached hydrogen (secondary N) is 1. The Morgan fingerprint density at radius 3 is 1.69 bits per heavy atom. The van der Waals surface area contributed by atoms with Gasteiger partial charge in [-0.05, 0) is 91.8 Å². The Morgan fingerprint density at radius 1 is 0.639 bits per heavy atom. The van der Waals surface area contributed by atoms with E-state index in [0.29, 0.717) is 0 Å². The Bertz CT molecular complexity index is 1240. The molecule has 1 aliphatic carbocycles. The van der Waals surface area contributed by atoms with Gasteiger partial charge in [0, 0.05) is 16.8 Å². The van der Waals surface area contributed by atoms with Crippen LogP contribution in [-0.4, -0.2) is 18.3 Å². The van der Waals surface area contributed by atoms with Crippen LogP contribution in [0.2, 0.25) is 0 Å². The fourth-order valence-corrected chi connectivity index (χ4v) is 5.44. The number of anilines is 2. The summed E-state index contributed by atoms with van der Waals surface area (Å²) >= 11 is 0. The predicted molar refractivity (Wildman–Crippen MR) is 153 cm³/mol. The van der Waals surface area contributed by atoms with Crippen molar-refractivity contribution in [2.24, 2.45) is 0 Å². The first-order chi connectivity index (χ1) is 16.8. The molecule has 1 aliphatic heterocycles. The smallest absolute Gasteiger partial charge is 0.399 e. The molecule has 4 heteroatoms. The van der Waals surface area contributed by atoms with Crippen LogP contribution in [0.4, 0.5) is 11.4 Å². The van der Waals surface area contributed by atoms with Gasteiger partial charge in [-0.2, -0.15) is 0 Å². The van der Waals surface area contributed by atoms with Gasteiger partial charge in [0.2, 0.25) is 0 Å². The van der Waals surface area contributed by atoms with E-state index in [4.69, 9.17) is 9.31 Å². The molecule has 0 atom stereocenters. The van der Waals surface area contributed by atoms with Crippen LogP contribution in [0.25, 0.3) is 11.1 Å². The van der Waals surface area contributed by atoms with E-state index in [0.717, 1.165) is 16.8 Å². The fraction of sp³-hybridized carbons (Fsp3) is 0.438. The number of rotatable bonds is 4. The largest absolute Gasteiger partial charge is 0.496 e. The van der Waals surface area contributed by atoms with Gasteiger partial charge in [0.15, 0.2) is 0 Å². The van der Waals surface area contributed by atoms with E-state index in [1.807, 2.05) is 0 Å². The summed E-state index contributed by atoms with van der Waals surface area (Å²) in [7, 11) is -0.424. The lowest BCUT2D eigenvalue weighted by Crippen LogP contribution is -2.41. The molecular weight excluding hydrogens is 441 g/mol. The first kappa shape index (κ1) is 25.1. The molecule has 2 aliphatic rings. The molecule has 1 heterocycles. The lowest BCUT2D eigenvalue weighted by Gasteiger charge is -2.42. The van der Waals surface area contributed by atoms with Crippen molar-refractivity contribution in [2.75, 3.05) is 5.32 Å². The molecule has 188 valence electrons. The van der Waals surface area contributed by atoms with Crippen molar-refractivity contribution in [3.8, 4) is 11.1 Å². The second-order valence-electron chi connectivity index (χ2n) is 12.9. The van der Waals surface area contributed by atoms with Crippen LogP contribution in [0, 0.1) is 0 Å². The maximum Gasteiger partial charge on any atom is 0.496 e. The van der Waals surface area contributed by atoms with Gasteiger partial charge in [0.25, 0.3) is 0 Å². The molecule has 1 N–H and O–H groups in total. The average molecular weight is 481 g/mol. The Balaban J connectivity index is 1.58. The molecule has 5 rings (SSSR count). The standard InChI is InChI=1S/C32H40BNO2/c1-29(2)18-19-30(3,4)26-21-28(27(20-25(26)29)33-35-31(5,6)32(7,8)36-33)34-24-16-14-23(15-17-24)22-12-10-9-11-13-22/h9-17,20-21,34H,18-19H2,1-8H3. The van der Waals surface area contributed by atoms with Gasteiger partial charge >= 0.3 is 7.12 Å². The Morgan fingerprint density at radius 2 is 1.14 bits per heavy atom. The van der Waals surface area contributed by atoms with Gasteiger partial charge in [-0.15, -0.1) is 0 Å². The van der Waals surface area contributed by atoms with Crippen LogP contribution in [-0.2, 0) is 20.1 Å². The quantitative estimate of drug-likeness (QED) is 0.387. The lowest BCUT2D eigenvalue weighted by molar-refractivity contribution is 0.00578. The highest BCUT2D eigenvalue weighted by molar-refractivity contribution is 6.64. The third-order valence-corrected chi connectivity index (χ3v) is 8.80. The Labute approximate surface area is 217 Å². The van der Waals surface area contributed by atoms with E-state index in [9.17, 15) is 0 Å². The summed E-state index contributed by atoms with van der Waals surface area (Å²) in [6.07, 6.45) is 2.34.